The van der Waals surface area contributed by atoms with Gasteiger partial charge in [0.2, 0.25) is 10.0 Å². The van der Waals surface area contributed by atoms with E-state index >= 15 is 0 Å². The van der Waals surface area contributed by atoms with Crippen molar-refractivity contribution < 1.29 is 17.9 Å². The minimum Gasteiger partial charge on any atom is -0.494 e. The smallest absolute Gasteiger partial charge is 0.254 e. The molecule has 0 radical (unpaired) electrons. The summed E-state index contributed by atoms with van der Waals surface area (Å²) in [4.78, 5) is 14.2. The molecule has 1 aromatic carbocycles. The Balaban J connectivity index is 1.70. The number of likely N-dealkylation sites (tertiary alicyclic amines) is 1. The minimum absolute atomic E-state index is 0.0955. The van der Waals surface area contributed by atoms with Gasteiger partial charge in [0.1, 0.15) is 9.96 Å². The summed E-state index contributed by atoms with van der Waals surface area (Å²) in [6.45, 7) is 4.00. The van der Waals surface area contributed by atoms with Gasteiger partial charge in [-0.3, -0.25) is 4.79 Å². The van der Waals surface area contributed by atoms with Gasteiger partial charge in [-0.05, 0) is 31.9 Å². The van der Waals surface area contributed by atoms with E-state index in [4.69, 9.17) is 4.74 Å². The molecular weight excluding hydrogens is 372 g/mol. The van der Waals surface area contributed by atoms with Crippen LogP contribution in [-0.2, 0) is 16.6 Å². The second-order valence-corrected chi connectivity index (χ2v) is 8.92. The van der Waals surface area contributed by atoms with E-state index in [1.807, 2.05) is 31.2 Å². The van der Waals surface area contributed by atoms with E-state index in [0.29, 0.717) is 17.9 Å². The van der Waals surface area contributed by atoms with Crippen LogP contribution in [0.5, 0.6) is 5.75 Å². The van der Waals surface area contributed by atoms with Crippen molar-refractivity contribution in [2.75, 3.05) is 19.7 Å². The van der Waals surface area contributed by atoms with E-state index in [1.165, 1.54) is 6.07 Å². The van der Waals surface area contributed by atoms with Gasteiger partial charge in [-0.1, -0.05) is 18.2 Å². The molecule has 2 aromatic rings. The molecule has 1 aromatic heterocycles. The zero-order valence-corrected chi connectivity index (χ0v) is 16.2. The van der Waals surface area contributed by atoms with Gasteiger partial charge in [-0.15, -0.1) is 11.3 Å². The zero-order valence-electron chi connectivity index (χ0n) is 14.6. The second-order valence-electron chi connectivity index (χ2n) is 6.02. The number of sulfonamides is 1. The van der Waals surface area contributed by atoms with Gasteiger partial charge in [-0.25, -0.2) is 13.1 Å². The molecule has 2 heterocycles. The number of nitrogens with one attached hydrogen (secondary N) is 1. The van der Waals surface area contributed by atoms with E-state index in [0.717, 1.165) is 42.8 Å². The Bertz CT molecular complexity index is 871. The first-order valence-corrected chi connectivity index (χ1v) is 11.0. The molecule has 6 nitrogen and oxygen atoms in total. The van der Waals surface area contributed by atoms with Crippen molar-refractivity contribution in [1.82, 2.24) is 9.62 Å². The van der Waals surface area contributed by atoms with Crippen molar-refractivity contribution >= 4 is 27.3 Å². The Morgan fingerprint density at radius 2 is 2.00 bits per heavy atom. The number of rotatable bonds is 7. The normalized spacial score (nSPS) is 14.6. The fraction of sp³-hybridized carbons (Fsp3) is 0.389. The summed E-state index contributed by atoms with van der Waals surface area (Å²) in [7, 11) is -3.68. The molecule has 0 spiro atoms. The SMILES string of the molecule is CCOc1ccccc1CNS(=O)(=O)c1cc(C(=O)N2CCCC2)cs1. The molecule has 0 unspecified atom stereocenters. The van der Waals surface area contributed by atoms with Crippen LogP contribution in [0.4, 0.5) is 0 Å². The molecule has 0 saturated carbocycles. The lowest BCUT2D eigenvalue weighted by atomic mass is 10.2. The third-order valence-corrected chi connectivity index (χ3v) is 7.05. The van der Waals surface area contributed by atoms with Crippen LogP contribution in [0.15, 0.2) is 39.9 Å². The summed E-state index contributed by atoms with van der Waals surface area (Å²) in [6.07, 6.45) is 2.00. The Hall–Kier alpha value is -1.90. The topological polar surface area (TPSA) is 75.7 Å². The molecule has 140 valence electrons. The van der Waals surface area contributed by atoms with Gasteiger partial charge in [0.25, 0.3) is 5.91 Å². The van der Waals surface area contributed by atoms with E-state index in [2.05, 4.69) is 4.72 Å². The van der Waals surface area contributed by atoms with Crippen molar-refractivity contribution in [2.45, 2.75) is 30.5 Å². The summed E-state index contributed by atoms with van der Waals surface area (Å²) in [5.74, 6) is 0.565. The average Bonchev–Trinajstić information content (AvgIpc) is 3.33. The van der Waals surface area contributed by atoms with E-state index in [-0.39, 0.29) is 16.7 Å². The van der Waals surface area contributed by atoms with Crippen LogP contribution in [0, 0.1) is 0 Å². The Morgan fingerprint density at radius 1 is 1.27 bits per heavy atom. The van der Waals surface area contributed by atoms with Crippen LogP contribution >= 0.6 is 11.3 Å². The van der Waals surface area contributed by atoms with Crippen molar-refractivity contribution in [1.29, 1.82) is 0 Å². The van der Waals surface area contributed by atoms with Gasteiger partial charge < -0.3 is 9.64 Å². The molecule has 1 aliphatic rings. The summed E-state index contributed by atoms with van der Waals surface area (Å²) in [5, 5.41) is 1.61. The van der Waals surface area contributed by atoms with E-state index in [9.17, 15) is 13.2 Å². The monoisotopic (exact) mass is 394 g/mol. The predicted octanol–water partition coefficient (Wildman–Crippen LogP) is 2.86. The number of hydrogen-bond donors (Lipinski definition) is 1. The molecule has 0 bridgehead atoms. The third-order valence-electron chi connectivity index (χ3n) is 4.21. The van der Waals surface area contributed by atoms with Crippen LogP contribution in [0.25, 0.3) is 0 Å². The first-order valence-electron chi connectivity index (χ1n) is 8.59. The number of thiophene rings is 1. The van der Waals surface area contributed by atoms with Gasteiger partial charge in [0.15, 0.2) is 0 Å². The van der Waals surface area contributed by atoms with Crippen LogP contribution in [0.1, 0.15) is 35.7 Å². The van der Waals surface area contributed by atoms with Gasteiger partial charge in [0, 0.05) is 30.6 Å². The predicted molar refractivity (Wildman–Crippen MR) is 101 cm³/mol. The third kappa shape index (κ3) is 4.25. The summed E-state index contributed by atoms with van der Waals surface area (Å²) in [5.41, 5.74) is 1.20. The largest absolute Gasteiger partial charge is 0.494 e. The van der Waals surface area contributed by atoms with Crippen molar-refractivity contribution in [3.05, 3.63) is 46.8 Å². The maximum atomic E-state index is 12.6. The van der Waals surface area contributed by atoms with E-state index < -0.39 is 10.0 Å². The van der Waals surface area contributed by atoms with Crippen LogP contribution in [0.3, 0.4) is 0 Å². The molecule has 1 N–H and O–H groups in total. The quantitative estimate of drug-likeness (QED) is 0.783. The Morgan fingerprint density at radius 3 is 2.73 bits per heavy atom. The molecule has 26 heavy (non-hydrogen) atoms. The van der Waals surface area contributed by atoms with Gasteiger partial charge in [-0.2, -0.15) is 0 Å². The highest BCUT2D eigenvalue weighted by molar-refractivity contribution is 7.91. The summed E-state index contributed by atoms with van der Waals surface area (Å²) < 4.78 is 33.4. The first kappa shape index (κ1) is 18.9. The number of hydrogen-bond acceptors (Lipinski definition) is 5. The Labute approximate surface area is 157 Å². The van der Waals surface area contributed by atoms with Gasteiger partial charge >= 0.3 is 0 Å². The number of nitrogens with zero attached hydrogens (tertiary/aromatic N) is 1. The van der Waals surface area contributed by atoms with Crippen LogP contribution < -0.4 is 9.46 Å². The fourth-order valence-corrected chi connectivity index (χ4v) is 5.07. The van der Waals surface area contributed by atoms with Crippen molar-refractivity contribution in [2.24, 2.45) is 0 Å². The highest BCUT2D eigenvalue weighted by Gasteiger charge is 2.24. The molecule has 1 aliphatic heterocycles. The van der Waals surface area contributed by atoms with Crippen molar-refractivity contribution in [3.8, 4) is 5.75 Å². The molecule has 1 amide bonds. The molecule has 1 saturated heterocycles. The van der Waals surface area contributed by atoms with Gasteiger partial charge in [0.05, 0.1) is 12.2 Å². The lowest BCUT2D eigenvalue weighted by molar-refractivity contribution is 0.0793. The summed E-state index contributed by atoms with van der Waals surface area (Å²) >= 11 is 1.06. The lowest BCUT2D eigenvalue weighted by Gasteiger charge is -2.13. The Kier molecular flexibility index (Phi) is 5.95. The summed E-state index contributed by atoms with van der Waals surface area (Å²) in [6, 6.07) is 8.78. The fourth-order valence-electron chi connectivity index (χ4n) is 2.86. The first-order chi connectivity index (χ1) is 12.5. The maximum absolute atomic E-state index is 12.6. The number of amides is 1. The molecule has 0 aliphatic carbocycles. The molecule has 1 fully saturated rings. The number of para-hydroxylation sites is 1. The maximum Gasteiger partial charge on any atom is 0.254 e. The van der Waals surface area contributed by atoms with Crippen LogP contribution in [-0.4, -0.2) is 38.9 Å². The molecule has 3 rings (SSSR count). The highest BCUT2D eigenvalue weighted by Crippen LogP contribution is 2.24. The van der Waals surface area contributed by atoms with Crippen molar-refractivity contribution in [3.63, 3.8) is 0 Å². The lowest BCUT2D eigenvalue weighted by Crippen LogP contribution is -2.27. The molecular formula is C18H22N2O4S2. The minimum atomic E-state index is -3.68. The average molecular weight is 395 g/mol. The van der Waals surface area contributed by atoms with Crippen LogP contribution in [0.2, 0.25) is 0 Å². The number of benzene rings is 1. The second kappa shape index (κ2) is 8.20. The molecule has 8 heteroatoms. The number of carbonyl (C=O) groups is 1. The zero-order chi connectivity index (χ0) is 18.6. The molecule has 0 atom stereocenters. The highest BCUT2D eigenvalue weighted by atomic mass is 32.2. The standard InChI is InChI=1S/C18H22N2O4S2/c1-2-24-16-8-4-3-7-14(16)12-19-26(22,23)17-11-15(13-25-17)18(21)20-9-5-6-10-20/h3-4,7-8,11,13,19H,2,5-6,9-10,12H2,1H3. The number of ether oxygens (including phenoxy) is 1. The van der Waals surface area contributed by atoms with E-state index in [1.54, 1.807) is 10.3 Å². The number of carbonyl (C=O) groups excluding carboxylic acids is 1.